The van der Waals surface area contributed by atoms with Gasteiger partial charge in [0.25, 0.3) is 5.91 Å². The maximum Gasteiger partial charge on any atom is 0.290 e. The van der Waals surface area contributed by atoms with Crippen molar-refractivity contribution in [2.45, 2.75) is 12.8 Å². The summed E-state index contributed by atoms with van der Waals surface area (Å²) in [7, 11) is 0. The first kappa shape index (κ1) is 11.8. The van der Waals surface area contributed by atoms with Crippen LogP contribution in [0.5, 0.6) is 5.75 Å². The average molecular weight is 254 g/mol. The number of halogens is 1. The second kappa shape index (κ2) is 5.10. The third-order valence-corrected chi connectivity index (χ3v) is 2.70. The molecule has 0 aromatic heterocycles. The molecule has 1 amide bonds. The Morgan fingerprint density at radius 1 is 1.47 bits per heavy atom. The van der Waals surface area contributed by atoms with E-state index in [4.69, 9.17) is 16.3 Å². The van der Waals surface area contributed by atoms with Gasteiger partial charge < -0.3 is 15.2 Å². The van der Waals surface area contributed by atoms with Crippen molar-refractivity contribution in [2.75, 3.05) is 11.9 Å². The van der Waals surface area contributed by atoms with Gasteiger partial charge in [-0.15, -0.1) is 0 Å². The number of phenolic OH excluding ortho intramolecular Hbond substituents is 1. The molecule has 90 valence electrons. The predicted molar refractivity (Wildman–Crippen MR) is 65.0 cm³/mol. The summed E-state index contributed by atoms with van der Waals surface area (Å²) in [6.07, 6.45) is 3.48. The first-order valence-electron chi connectivity index (χ1n) is 5.30. The Morgan fingerprint density at radius 3 is 3.00 bits per heavy atom. The van der Waals surface area contributed by atoms with Crippen molar-refractivity contribution in [3.63, 3.8) is 0 Å². The summed E-state index contributed by atoms with van der Waals surface area (Å²) < 4.78 is 5.22. The first-order chi connectivity index (χ1) is 8.18. The number of nitrogens with one attached hydrogen (secondary N) is 1. The van der Waals surface area contributed by atoms with E-state index in [1.54, 1.807) is 24.3 Å². The van der Waals surface area contributed by atoms with E-state index in [-0.39, 0.29) is 28.1 Å². The maximum atomic E-state index is 11.8. The molecule has 17 heavy (non-hydrogen) atoms. The third kappa shape index (κ3) is 2.71. The van der Waals surface area contributed by atoms with Gasteiger partial charge in [-0.1, -0.05) is 17.7 Å². The molecule has 0 radical (unpaired) electrons. The summed E-state index contributed by atoms with van der Waals surface area (Å²) >= 11 is 5.74. The van der Waals surface area contributed by atoms with Crippen LogP contribution < -0.4 is 5.32 Å². The van der Waals surface area contributed by atoms with Gasteiger partial charge in [0.05, 0.1) is 17.3 Å². The molecule has 0 aliphatic carbocycles. The van der Waals surface area contributed by atoms with Gasteiger partial charge in [-0.25, -0.2) is 0 Å². The molecule has 1 aromatic carbocycles. The summed E-state index contributed by atoms with van der Waals surface area (Å²) in [5, 5.41) is 12.4. The molecule has 0 spiro atoms. The molecule has 2 rings (SSSR count). The van der Waals surface area contributed by atoms with Gasteiger partial charge in [0.15, 0.2) is 11.5 Å². The van der Waals surface area contributed by atoms with Gasteiger partial charge in [0.1, 0.15) is 0 Å². The Morgan fingerprint density at radius 2 is 2.29 bits per heavy atom. The predicted octanol–water partition coefficient (Wildman–Crippen LogP) is 2.68. The number of benzene rings is 1. The number of carbonyl (C=O) groups excluding carboxylic acids is 1. The Kier molecular flexibility index (Phi) is 3.54. The Bertz CT molecular complexity index is 471. The second-order valence-corrected chi connectivity index (χ2v) is 4.06. The lowest BCUT2D eigenvalue weighted by atomic mass is 10.2. The van der Waals surface area contributed by atoms with Crippen LogP contribution in [0.4, 0.5) is 5.69 Å². The highest BCUT2D eigenvalue weighted by molar-refractivity contribution is 6.32. The number of ether oxygens (including phenoxy) is 1. The summed E-state index contributed by atoms with van der Waals surface area (Å²) in [4.78, 5) is 11.8. The second-order valence-electron chi connectivity index (χ2n) is 3.65. The van der Waals surface area contributed by atoms with Gasteiger partial charge in [-0.3, -0.25) is 4.79 Å². The summed E-state index contributed by atoms with van der Waals surface area (Å²) in [6.45, 7) is 0.542. The Balaban J connectivity index is 2.13. The summed E-state index contributed by atoms with van der Waals surface area (Å²) in [6, 6.07) is 4.76. The lowest BCUT2D eigenvalue weighted by molar-refractivity contribution is -0.116. The molecule has 0 fully saturated rings. The Hall–Kier alpha value is -1.68. The van der Waals surface area contributed by atoms with Gasteiger partial charge in [0, 0.05) is 0 Å². The highest BCUT2D eigenvalue weighted by atomic mass is 35.5. The van der Waals surface area contributed by atoms with Gasteiger partial charge >= 0.3 is 0 Å². The number of para-hydroxylation sites is 1. The average Bonchev–Trinajstić information content (AvgIpc) is 2.36. The fourth-order valence-electron chi connectivity index (χ4n) is 1.52. The zero-order valence-electron chi connectivity index (χ0n) is 9.07. The number of hydrogen-bond acceptors (Lipinski definition) is 3. The Labute approximate surface area is 104 Å². The molecule has 0 atom stereocenters. The van der Waals surface area contributed by atoms with Crippen LogP contribution in [0, 0.1) is 0 Å². The van der Waals surface area contributed by atoms with Crippen LogP contribution in [0.3, 0.4) is 0 Å². The van der Waals surface area contributed by atoms with Crippen molar-refractivity contribution >= 4 is 23.2 Å². The van der Waals surface area contributed by atoms with E-state index in [0.717, 1.165) is 12.8 Å². The van der Waals surface area contributed by atoms with E-state index in [1.807, 2.05) is 0 Å². The third-order valence-electron chi connectivity index (χ3n) is 2.39. The molecule has 1 aliphatic heterocycles. The number of anilines is 1. The molecule has 1 aromatic rings. The molecule has 0 bridgehead atoms. The van der Waals surface area contributed by atoms with Crippen LogP contribution in [0.25, 0.3) is 0 Å². The number of aromatic hydroxyl groups is 1. The lowest BCUT2D eigenvalue weighted by Crippen LogP contribution is -2.18. The van der Waals surface area contributed by atoms with E-state index in [2.05, 4.69) is 5.32 Å². The number of hydrogen-bond donors (Lipinski definition) is 2. The van der Waals surface area contributed by atoms with Gasteiger partial charge in [0.2, 0.25) is 0 Å². The first-order valence-corrected chi connectivity index (χ1v) is 5.68. The van der Waals surface area contributed by atoms with Crippen molar-refractivity contribution in [1.82, 2.24) is 0 Å². The van der Waals surface area contributed by atoms with Crippen molar-refractivity contribution in [1.29, 1.82) is 0 Å². The van der Waals surface area contributed by atoms with Crippen LogP contribution in [0.15, 0.2) is 30.0 Å². The van der Waals surface area contributed by atoms with Crippen molar-refractivity contribution in [3.8, 4) is 5.75 Å². The minimum atomic E-state index is -0.373. The summed E-state index contributed by atoms with van der Waals surface area (Å²) in [5.41, 5.74) is 0.276. The SMILES string of the molecule is O=C(Nc1cccc(Cl)c1O)C1=CCCCO1. The number of phenols is 1. The fraction of sp³-hybridized carbons (Fsp3) is 0.250. The van der Waals surface area contributed by atoms with E-state index in [0.29, 0.717) is 6.61 Å². The van der Waals surface area contributed by atoms with Crippen LogP contribution >= 0.6 is 11.6 Å². The molecule has 4 nitrogen and oxygen atoms in total. The molecule has 0 unspecified atom stereocenters. The van der Waals surface area contributed by atoms with Gasteiger partial charge in [-0.05, 0) is 31.1 Å². The van der Waals surface area contributed by atoms with Crippen LogP contribution in [-0.4, -0.2) is 17.6 Å². The minimum Gasteiger partial charge on any atom is -0.504 e. The molecule has 1 aliphatic rings. The molecule has 0 saturated heterocycles. The standard InChI is InChI=1S/C12H12ClNO3/c13-8-4-3-5-9(11(8)15)14-12(16)10-6-1-2-7-17-10/h3-6,15H,1-2,7H2,(H,14,16). The number of amides is 1. The molecule has 2 N–H and O–H groups in total. The normalized spacial score (nSPS) is 14.8. The van der Waals surface area contributed by atoms with Crippen molar-refractivity contribution < 1.29 is 14.6 Å². The van der Waals surface area contributed by atoms with Crippen LogP contribution in [0.2, 0.25) is 5.02 Å². The van der Waals surface area contributed by atoms with Crippen molar-refractivity contribution in [2.24, 2.45) is 0 Å². The topological polar surface area (TPSA) is 58.6 Å². The van der Waals surface area contributed by atoms with Gasteiger partial charge in [-0.2, -0.15) is 0 Å². The van der Waals surface area contributed by atoms with Crippen molar-refractivity contribution in [3.05, 3.63) is 35.1 Å². The molecule has 1 heterocycles. The lowest BCUT2D eigenvalue weighted by Gasteiger charge is -2.15. The monoisotopic (exact) mass is 253 g/mol. The quantitative estimate of drug-likeness (QED) is 0.797. The number of allylic oxidation sites excluding steroid dienone is 1. The highest BCUT2D eigenvalue weighted by Crippen LogP contribution is 2.31. The van der Waals surface area contributed by atoms with Crippen LogP contribution in [0.1, 0.15) is 12.8 Å². The molecule has 0 saturated carbocycles. The summed E-state index contributed by atoms with van der Waals surface area (Å²) in [5.74, 6) is -0.225. The number of rotatable bonds is 2. The fourth-order valence-corrected chi connectivity index (χ4v) is 1.69. The largest absolute Gasteiger partial charge is 0.504 e. The number of carbonyl (C=O) groups is 1. The zero-order chi connectivity index (χ0) is 12.3. The van der Waals surface area contributed by atoms with E-state index >= 15 is 0 Å². The van der Waals surface area contributed by atoms with E-state index in [9.17, 15) is 9.90 Å². The molecule has 5 heteroatoms. The highest BCUT2D eigenvalue weighted by Gasteiger charge is 2.16. The van der Waals surface area contributed by atoms with E-state index < -0.39 is 0 Å². The molecular formula is C12H12ClNO3. The minimum absolute atomic E-state index is 0.140. The smallest absolute Gasteiger partial charge is 0.290 e. The molecular weight excluding hydrogens is 242 g/mol. The zero-order valence-corrected chi connectivity index (χ0v) is 9.83. The maximum absolute atomic E-state index is 11.8. The van der Waals surface area contributed by atoms with E-state index in [1.165, 1.54) is 0 Å². The van der Waals surface area contributed by atoms with Crippen LogP contribution in [-0.2, 0) is 9.53 Å².